The molecule has 1 amide bonds. The van der Waals surface area contributed by atoms with E-state index in [1.807, 2.05) is 25.9 Å². The molecule has 0 aromatic heterocycles. The fraction of sp³-hybridized carbons (Fsp3) is 0.818. The zero-order valence-corrected chi connectivity index (χ0v) is 28.8. The van der Waals surface area contributed by atoms with Crippen molar-refractivity contribution in [3.8, 4) is 0 Å². The minimum Gasteiger partial charge on any atom is -0.455 e. The molecule has 0 spiro atoms. The number of ketones is 2. The average molecular weight is 657 g/mol. The number of fused-ring (bicyclic) bond motifs is 1. The Bertz CT molecular complexity index is 1150. The Hall–Kier alpha value is -2.45. The van der Waals surface area contributed by atoms with Crippen LogP contribution in [0.15, 0.2) is 12.7 Å². The van der Waals surface area contributed by atoms with E-state index in [0.29, 0.717) is 6.42 Å². The lowest BCUT2D eigenvalue weighted by molar-refractivity contribution is -0.282. The van der Waals surface area contributed by atoms with E-state index in [-0.39, 0.29) is 24.3 Å². The van der Waals surface area contributed by atoms with Crippen LogP contribution in [0.5, 0.6) is 0 Å². The van der Waals surface area contributed by atoms with E-state index in [9.17, 15) is 24.3 Å². The summed E-state index contributed by atoms with van der Waals surface area (Å²) < 4.78 is 46.6. The highest BCUT2D eigenvalue weighted by molar-refractivity contribution is 6.08. The maximum atomic E-state index is 17.0. The zero-order valence-electron chi connectivity index (χ0n) is 28.8. The van der Waals surface area contributed by atoms with Crippen molar-refractivity contribution in [3.63, 3.8) is 0 Å². The Morgan fingerprint density at radius 3 is 2.26 bits per heavy atom. The van der Waals surface area contributed by atoms with E-state index in [1.54, 1.807) is 27.7 Å². The third-order valence-electron chi connectivity index (χ3n) is 10.3. The Kier molecular flexibility index (Phi) is 12.2. The minimum absolute atomic E-state index is 0.0870. The normalized spacial score (nSPS) is 44.5. The van der Waals surface area contributed by atoms with Crippen molar-refractivity contribution >= 4 is 23.6 Å². The van der Waals surface area contributed by atoms with Crippen LogP contribution in [0.25, 0.3) is 0 Å². The van der Waals surface area contributed by atoms with E-state index in [4.69, 9.17) is 23.7 Å². The van der Waals surface area contributed by atoms with Gasteiger partial charge in [-0.3, -0.25) is 9.59 Å². The number of halogens is 1. The van der Waals surface area contributed by atoms with Crippen LogP contribution in [0, 0.1) is 23.7 Å². The first-order valence-corrected chi connectivity index (χ1v) is 16.2. The Morgan fingerprint density at radius 2 is 1.72 bits per heavy atom. The summed E-state index contributed by atoms with van der Waals surface area (Å²) in [6.07, 6.45) is -5.70. The molecule has 0 bridgehead atoms. The Labute approximate surface area is 271 Å². The highest BCUT2D eigenvalue weighted by Crippen LogP contribution is 2.40. The first kappa shape index (κ1) is 38.0. The van der Waals surface area contributed by atoms with Crippen molar-refractivity contribution < 1.29 is 52.4 Å². The molecule has 262 valence electrons. The topological polar surface area (TPSA) is 150 Å². The van der Waals surface area contributed by atoms with Gasteiger partial charge in [0.25, 0.3) is 5.67 Å². The van der Waals surface area contributed by atoms with Crippen LogP contribution in [0.3, 0.4) is 0 Å². The molecule has 0 aromatic carbocycles. The predicted molar refractivity (Wildman–Crippen MR) is 165 cm³/mol. The number of rotatable bonds is 7. The molecule has 3 heterocycles. The number of nitrogens with one attached hydrogen (secondary N) is 1. The smallest absolute Gasteiger partial charge is 0.408 e. The van der Waals surface area contributed by atoms with Crippen LogP contribution in [-0.2, 0) is 38.1 Å². The summed E-state index contributed by atoms with van der Waals surface area (Å²) in [6, 6.07) is -1.29. The molecule has 14 atom stereocenters. The predicted octanol–water partition coefficient (Wildman–Crippen LogP) is 2.98. The summed E-state index contributed by atoms with van der Waals surface area (Å²) in [5, 5.41) is 13.9. The third-order valence-corrected chi connectivity index (χ3v) is 10.3. The summed E-state index contributed by atoms with van der Waals surface area (Å²) in [4.78, 5) is 56.4. The highest BCUT2D eigenvalue weighted by atomic mass is 19.1. The van der Waals surface area contributed by atoms with E-state index >= 15 is 4.39 Å². The van der Waals surface area contributed by atoms with Gasteiger partial charge in [0.1, 0.15) is 18.0 Å². The monoisotopic (exact) mass is 656 g/mol. The molecule has 0 saturated carbocycles. The van der Waals surface area contributed by atoms with Gasteiger partial charge < -0.3 is 39.0 Å². The van der Waals surface area contributed by atoms with Crippen molar-refractivity contribution in [2.45, 2.75) is 128 Å². The summed E-state index contributed by atoms with van der Waals surface area (Å²) in [6.45, 7) is 15.0. The van der Waals surface area contributed by atoms with E-state index in [0.717, 1.165) is 6.08 Å². The second kappa shape index (κ2) is 14.8. The second-order valence-corrected chi connectivity index (χ2v) is 13.7. The van der Waals surface area contributed by atoms with Gasteiger partial charge in [-0.1, -0.05) is 40.7 Å². The number of nitrogens with zero attached hydrogens (tertiary/aromatic N) is 1. The lowest BCUT2D eigenvalue weighted by Crippen LogP contribution is -2.60. The van der Waals surface area contributed by atoms with Crippen LogP contribution in [-0.4, -0.2) is 115 Å². The largest absolute Gasteiger partial charge is 0.455 e. The Morgan fingerprint density at radius 1 is 1.09 bits per heavy atom. The number of allylic oxidation sites excluding steroid dienone is 1. The summed E-state index contributed by atoms with van der Waals surface area (Å²) in [7, 11) is 5.06. The van der Waals surface area contributed by atoms with Gasteiger partial charge in [-0.15, -0.1) is 6.58 Å². The number of cyclic esters (lactones) is 1. The number of alkyl carbamates (subject to hydrolysis) is 1. The van der Waals surface area contributed by atoms with Gasteiger partial charge in [-0.25, -0.2) is 14.0 Å². The molecular formula is C33H53FN2O10. The SMILES string of the molecule is C=CCC1(F)C(=O)O[C@H](CC)[C@@]2(C)OC(=O)NC2[C@@H](C)C(=O)[C@H](C)[C@H](OC)[C@H](C)[C@H](O[C@@H]2O[C@H](C)C[C@H](N(C)C)[C@H]2O)[C@@H](C)C1=O. The molecule has 12 nitrogen and oxygen atoms in total. The third kappa shape index (κ3) is 7.03. The quantitative estimate of drug-likeness (QED) is 0.237. The number of methoxy groups -OCH3 is 1. The number of hydrogen-bond acceptors (Lipinski definition) is 11. The zero-order chi connectivity index (χ0) is 34.9. The molecule has 0 aromatic rings. The number of hydrogen-bond donors (Lipinski definition) is 2. The fourth-order valence-corrected chi connectivity index (χ4v) is 7.58. The number of alkyl halides is 1. The number of Topliss-reactive ketones (excluding diaryl/α,β-unsaturated/α-hetero) is 2. The van der Waals surface area contributed by atoms with Crippen molar-refractivity contribution in [2.24, 2.45) is 23.7 Å². The van der Waals surface area contributed by atoms with E-state index in [1.165, 1.54) is 21.0 Å². The highest BCUT2D eigenvalue weighted by Gasteiger charge is 2.59. The Balaban J connectivity index is 2.19. The first-order valence-electron chi connectivity index (χ1n) is 16.2. The molecule has 3 rings (SSSR count). The van der Waals surface area contributed by atoms with Crippen LogP contribution in [0.4, 0.5) is 9.18 Å². The van der Waals surface area contributed by atoms with Crippen LogP contribution < -0.4 is 5.32 Å². The summed E-state index contributed by atoms with van der Waals surface area (Å²) in [5.74, 6) is -6.60. The molecule has 0 radical (unpaired) electrons. The molecular weight excluding hydrogens is 603 g/mol. The van der Waals surface area contributed by atoms with Crippen LogP contribution in [0.2, 0.25) is 0 Å². The van der Waals surface area contributed by atoms with Gasteiger partial charge in [0, 0.05) is 43.2 Å². The van der Waals surface area contributed by atoms with Crippen molar-refractivity contribution in [1.82, 2.24) is 10.2 Å². The molecule has 13 heteroatoms. The molecule has 2 unspecified atom stereocenters. The van der Waals surface area contributed by atoms with E-state index < -0.39 is 96.0 Å². The van der Waals surface area contributed by atoms with E-state index in [2.05, 4.69) is 11.9 Å². The van der Waals surface area contributed by atoms with Gasteiger partial charge in [-0.05, 0) is 40.8 Å². The van der Waals surface area contributed by atoms with Gasteiger partial charge in [-0.2, -0.15) is 0 Å². The summed E-state index contributed by atoms with van der Waals surface area (Å²) in [5.41, 5.74) is -4.73. The fourth-order valence-electron chi connectivity index (χ4n) is 7.58. The molecule has 2 N–H and O–H groups in total. The number of aliphatic hydroxyl groups is 1. The number of esters is 1. The molecule has 3 aliphatic rings. The molecule has 3 saturated heterocycles. The second-order valence-electron chi connectivity index (χ2n) is 13.7. The lowest BCUT2D eigenvalue weighted by atomic mass is 9.73. The first-order chi connectivity index (χ1) is 21.4. The number of carbonyl (C=O) groups excluding carboxylic acids is 4. The van der Waals surface area contributed by atoms with Crippen molar-refractivity contribution in [3.05, 3.63) is 12.7 Å². The maximum Gasteiger partial charge on any atom is 0.408 e. The number of amides is 1. The van der Waals surface area contributed by atoms with Gasteiger partial charge >= 0.3 is 12.1 Å². The maximum absolute atomic E-state index is 17.0. The molecule has 46 heavy (non-hydrogen) atoms. The number of carbonyl (C=O) groups is 4. The molecule has 3 aliphatic heterocycles. The molecule has 0 aliphatic carbocycles. The van der Waals surface area contributed by atoms with Gasteiger partial charge in [0.05, 0.1) is 24.4 Å². The number of likely N-dealkylation sites (N-methyl/N-ethyl adjacent to an activating group) is 1. The van der Waals surface area contributed by atoms with Gasteiger partial charge in [0.2, 0.25) is 0 Å². The van der Waals surface area contributed by atoms with Crippen molar-refractivity contribution in [2.75, 3.05) is 21.2 Å². The lowest BCUT2D eigenvalue weighted by Gasteiger charge is -2.45. The molecule has 3 fully saturated rings. The minimum atomic E-state index is -3.18. The summed E-state index contributed by atoms with van der Waals surface area (Å²) >= 11 is 0. The van der Waals surface area contributed by atoms with Crippen LogP contribution in [0.1, 0.15) is 67.7 Å². The average Bonchev–Trinajstić information content (AvgIpc) is 3.32. The van der Waals surface area contributed by atoms with Crippen LogP contribution >= 0.6 is 0 Å². The van der Waals surface area contributed by atoms with Gasteiger partial charge in [0.15, 0.2) is 17.7 Å². The standard InChI is InChI=1S/C33H53FN2O10/c1-12-14-33(34)28(39)20(7)26(45-29-24(38)21(36(9)10)15-16(3)43-29)19(6)25(42-11)17(4)23(37)18(5)27-32(8,46-31(41)35-27)22(13-2)44-30(33)40/h12,16-22,24-27,29,38H,1,13-15H2,2-11H3,(H,35,41)/t16-,17+,18+,19+,20-,21+,22-,24-,25+,26+,27?,29+,32-,33?/m1/s1. The van der Waals surface area contributed by atoms with Crippen molar-refractivity contribution in [1.29, 1.82) is 0 Å². The number of aliphatic hydroxyl groups excluding tert-OH is 1. The number of ether oxygens (including phenoxy) is 5.